The van der Waals surface area contributed by atoms with Crippen LogP contribution in [0.4, 0.5) is 11.5 Å². The van der Waals surface area contributed by atoms with Gasteiger partial charge in [0.05, 0.1) is 32.1 Å². The molecule has 1 amide bonds. The molecule has 0 aliphatic carbocycles. The van der Waals surface area contributed by atoms with Crippen LogP contribution in [-0.2, 0) is 22.5 Å². The molecule has 3 aliphatic heterocycles. The first kappa shape index (κ1) is 25.9. The third-order valence-corrected chi connectivity index (χ3v) is 8.22. The van der Waals surface area contributed by atoms with E-state index in [1.54, 1.807) is 6.92 Å². The van der Waals surface area contributed by atoms with Crippen LogP contribution in [-0.4, -0.2) is 103 Å². The molecular formula is C29H39N7O3. The molecule has 0 unspecified atom stereocenters. The number of morpholine rings is 1. The fraction of sp³-hybridized carbons (Fsp3) is 0.552. The standard InChI is InChI=1S/C29H39N7O3/c1-21-4-5-25-23(6-8-30-25)27(21)36-10-7-24-26(20-36)31-29(39-17-3-9-33-15-18-38-19-16-33)32-28(24)35-13-11-34(12-14-35)22(2)37/h4-6,8,30H,3,7,9-20H2,1-2H3. The summed E-state index contributed by atoms with van der Waals surface area (Å²) < 4.78 is 11.6. The van der Waals surface area contributed by atoms with Crippen molar-refractivity contribution in [2.75, 3.05) is 82.0 Å². The number of aromatic nitrogens is 3. The zero-order valence-electron chi connectivity index (χ0n) is 23.1. The van der Waals surface area contributed by atoms with E-state index in [9.17, 15) is 4.79 Å². The van der Waals surface area contributed by atoms with E-state index < -0.39 is 0 Å². The molecule has 1 aromatic carbocycles. The Morgan fingerprint density at radius 3 is 2.64 bits per heavy atom. The first-order chi connectivity index (χ1) is 19.1. The van der Waals surface area contributed by atoms with E-state index >= 15 is 0 Å². The minimum absolute atomic E-state index is 0.133. The van der Waals surface area contributed by atoms with Crippen molar-refractivity contribution in [2.45, 2.75) is 33.2 Å². The molecule has 3 aromatic rings. The Morgan fingerprint density at radius 2 is 1.85 bits per heavy atom. The molecule has 1 N–H and O–H groups in total. The van der Waals surface area contributed by atoms with Crippen molar-refractivity contribution in [3.63, 3.8) is 0 Å². The van der Waals surface area contributed by atoms with E-state index in [0.29, 0.717) is 32.3 Å². The molecular weight excluding hydrogens is 494 g/mol. The summed E-state index contributed by atoms with van der Waals surface area (Å²) in [5, 5.41) is 1.24. The monoisotopic (exact) mass is 533 g/mol. The Kier molecular flexibility index (Phi) is 7.56. The third kappa shape index (κ3) is 5.53. The molecule has 3 aliphatic rings. The highest BCUT2D eigenvalue weighted by atomic mass is 16.5. The van der Waals surface area contributed by atoms with Crippen molar-refractivity contribution in [3.8, 4) is 6.01 Å². The summed E-state index contributed by atoms with van der Waals surface area (Å²) in [6, 6.07) is 6.96. The minimum atomic E-state index is 0.133. The van der Waals surface area contributed by atoms with E-state index in [0.717, 1.165) is 82.4 Å². The number of fused-ring (bicyclic) bond motifs is 2. The molecule has 2 fully saturated rings. The second-order valence-electron chi connectivity index (χ2n) is 10.7. The van der Waals surface area contributed by atoms with Crippen LogP contribution in [0.2, 0.25) is 0 Å². The first-order valence-corrected chi connectivity index (χ1v) is 14.2. The number of nitrogens with zero attached hydrogens (tertiary/aromatic N) is 6. The molecule has 2 aromatic heterocycles. The Hall–Kier alpha value is -3.37. The molecule has 0 radical (unpaired) electrons. The van der Waals surface area contributed by atoms with E-state index in [2.05, 4.69) is 44.8 Å². The van der Waals surface area contributed by atoms with Crippen LogP contribution in [0.5, 0.6) is 6.01 Å². The molecule has 208 valence electrons. The van der Waals surface area contributed by atoms with Gasteiger partial charge in [0.1, 0.15) is 5.82 Å². The number of amides is 1. The van der Waals surface area contributed by atoms with Crippen LogP contribution >= 0.6 is 0 Å². The van der Waals surface area contributed by atoms with E-state index in [4.69, 9.17) is 19.4 Å². The number of rotatable bonds is 7. The predicted octanol–water partition coefficient (Wildman–Crippen LogP) is 2.60. The lowest BCUT2D eigenvalue weighted by Crippen LogP contribution is -2.49. The van der Waals surface area contributed by atoms with Crippen LogP contribution < -0.4 is 14.5 Å². The van der Waals surface area contributed by atoms with Crippen LogP contribution in [0.15, 0.2) is 24.4 Å². The van der Waals surface area contributed by atoms with Gasteiger partial charge in [-0.2, -0.15) is 9.97 Å². The zero-order chi connectivity index (χ0) is 26.8. The van der Waals surface area contributed by atoms with Gasteiger partial charge in [-0.1, -0.05) is 6.07 Å². The Balaban J connectivity index is 1.24. The lowest BCUT2D eigenvalue weighted by molar-refractivity contribution is -0.129. The summed E-state index contributed by atoms with van der Waals surface area (Å²) in [6.07, 6.45) is 3.80. The maximum absolute atomic E-state index is 11.9. The summed E-state index contributed by atoms with van der Waals surface area (Å²) in [7, 11) is 0. The average Bonchev–Trinajstić information content (AvgIpc) is 3.44. The average molecular weight is 534 g/mol. The highest BCUT2D eigenvalue weighted by Gasteiger charge is 2.29. The first-order valence-electron chi connectivity index (χ1n) is 14.2. The summed E-state index contributed by atoms with van der Waals surface area (Å²) >= 11 is 0. The quantitative estimate of drug-likeness (QED) is 0.464. The number of ether oxygens (including phenoxy) is 2. The molecule has 5 heterocycles. The number of carbonyl (C=O) groups excluding carboxylic acids is 1. The Morgan fingerprint density at radius 1 is 1.03 bits per heavy atom. The SMILES string of the molecule is CC(=O)N1CCN(c2nc(OCCCN3CCOCC3)nc3c2CCN(c2c(C)ccc4[nH]ccc24)C3)CC1. The van der Waals surface area contributed by atoms with Gasteiger partial charge in [0.15, 0.2) is 0 Å². The Labute approximate surface area is 229 Å². The fourth-order valence-corrected chi connectivity index (χ4v) is 6.06. The van der Waals surface area contributed by atoms with Gasteiger partial charge in [-0.25, -0.2) is 0 Å². The smallest absolute Gasteiger partial charge is 0.318 e. The second-order valence-corrected chi connectivity index (χ2v) is 10.7. The topological polar surface area (TPSA) is 90.1 Å². The zero-order valence-corrected chi connectivity index (χ0v) is 23.1. The second kappa shape index (κ2) is 11.4. The summed E-state index contributed by atoms with van der Waals surface area (Å²) in [5.41, 5.74) is 5.93. The third-order valence-electron chi connectivity index (χ3n) is 8.22. The molecule has 0 bridgehead atoms. The van der Waals surface area contributed by atoms with Gasteiger partial charge in [0.2, 0.25) is 5.91 Å². The van der Waals surface area contributed by atoms with Gasteiger partial charge in [0.25, 0.3) is 0 Å². The number of anilines is 2. The number of hydrogen-bond acceptors (Lipinski definition) is 8. The number of H-pyrrole nitrogens is 1. The Bertz CT molecular complexity index is 1310. The minimum Gasteiger partial charge on any atom is -0.463 e. The molecule has 0 atom stereocenters. The van der Waals surface area contributed by atoms with Crippen molar-refractivity contribution < 1.29 is 14.3 Å². The van der Waals surface area contributed by atoms with Crippen molar-refractivity contribution in [1.29, 1.82) is 0 Å². The van der Waals surface area contributed by atoms with E-state index in [1.165, 1.54) is 22.2 Å². The molecule has 10 nitrogen and oxygen atoms in total. The lowest BCUT2D eigenvalue weighted by atomic mass is 10.0. The van der Waals surface area contributed by atoms with Crippen molar-refractivity contribution in [2.24, 2.45) is 0 Å². The largest absolute Gasteiger partial charge is 0.463 e. The fourth-order valence-electron chi connectivity index (χ4n) is 6.06. The molecule has 2 saturated heterocycles. The van der Waals surface area contributed by atoms with Crippen LogP contribution in [0, 0.1) is 6.92 Å². The van der Waals surface area contributed by atoms with Gasteiger partial charge in [-0.05, 0) is 37.5 Å². The van der Waals surface area contributed by atoms with Crippen molar-refractivity contribution >= 4 is 28.3 Å². The number of aromatic amines is 1. The highest BCUT2D eigenvalue weighted by molar-refractivity contribution is 5.94. The molecule has 0 spiro atoms. The van der Waals surface area contributed by atoms with Gasteiger partial charge >= 0.3 is 6.01 Å². The van der Waals surface area contributed by atoms with Gasteiger partial charge in [-0.15, -0.1) is 0 Å². The number of nitrogens with one attached hydrogen (secondary N) is 1. The molecule has 39 heavy (non-hydrogen) atoms. The molecule has 0 saturated carbocycles. The summed E-state index contributed by atoms with van der Waals surface area (Å²) in [4.78, 5) is 34.3. The van der Waals surface area contributed by atoms with Gasteiger partial charge < -0.3 is 29.2 Å². The van der Waals surface area contributed by atoms with Gasteiger partial charge in [-0.3, -0.25) is 9.69 Å². The number of benzene rings is 1. The summed E-state index contributed by atoms with van der Waals surface area (Å²) in [6.45, 7) is 13.6. The van der Waals surface area contributed by atoms with Crippen LogP contribution in [0.1, 0.15) is 30.2 Å². The van der Waals surface area contributed by atoms with E-state index in [-0.39, 0.29) is 5.91 Å². The van der Waals surface area contributed by atoms with Gasteiger partial charge in [0, 0.05) is 87.6 Å². The maximum Gasteiger partial charge on any atom is 0.318 e. The van der Waals surface area contributed by atoms with Crippen molar-refractivity contribution in [1.82, 2.24) is 24.8 Å². The highest BCUT2D eigenvalue weighted by Crippen LogP contribution is 2.36. The number of hydrogen-bond donors (Lipinski definition) is 1. The number of aryl methyl sites for hydroxylation is 1. The van der Waals surface area contributed by atoms with Crippen LogP contribution in [0.3, 0.4) is 0 Å². The normalized spacial score (nSPS) is 18.5. The lowest BCUT2D eigenvalue weighted by Gasteiger charge is -2.38. The van der Waals surface area contributed by atoms with Crippen LogP contribution in [0.25, 0.3) is 10.9 Å². The molecule has 6 rings (SSSR count). The van der Waals surface area contributed by atoms with Crippen molar-refractivity contribution in [3.05, 3.63) is 41.2 Å². The van der Waals surface area contributed by atoms with E-state index in [1.807, 2.05) is 11.1 Å². The maximum atomic E-state index is 11.9. The number of piperazine rings is 1. The molecule has 10 heteroatoms. The summed E-state index contributed by atoms with van der Waals surface area (Å²) in [5.74, 6) is 1.11. The predicted molar refractivity (Wildman–Crippen MR) is 152 cm³/mol. The number of carbonyl (C=O) groups is 1.